The molecule has 0 saturated heterocycles. The normalized spacial score (nSPS) is 10.8. The lowest BCUT2D eigenvalue weighted by molar-refractivity contribution is 0.102. The van der Waals surface area contributed by atoms with Crippen LogP contribution in [0.1, 0.15) is 35.3 Å². The Labute approximate surface area is 87.7 Å². The van der Waals surface area contributed by atoms with Crippen molar-refractivity contribution < 1.29 is 4.79 Å². The molecule has 1 aromatic heterocycles. The first-order valence-corrected chi connectivity index (χ1v) is 5.49. The number of rotatable bonds is 3. The molecule has 3 heteroatoms. The second-order valence-corrected chi connectivity index (χ2v) is 5.08. The quantitative estimate of drug-likeness (QED) is 0.703. The summed E-state index contributed by atoms with van der Waals surface area (Å²) in [5, 5.41) is 0.740. The predicted molar refractivity (Wildman–Crippen MR) is 57.9 cm³/mol. The molecule has 0 saturated carbocycles. The highest BCUT2D eigenvalue weighted by molar-refractivity contribution is 7.14. The second kappa shape index (κ2) is 4.25. The van der Waals surface area contributed by atoms with Crippen molar-refractivity contribution in [3.8, 4) is 0 Å². The lowest BCUT2D eigenvalue weighted by Crippen LogP contribution is -1.90. The average molecular weight is 217 g/mol. The van der Waals surface area contributed by atoms with Gasteiger partial charge < -0.3 is 0 Å². The zero-order valence-corrected chi connectivity index (χ0v) is 9.63. The van der Waals surface area contributed by atoms with E-state index in [9.17, 15) is 4.79 Å². The van der Waals surface area contributed by atoms with Crippen molar-refractivity contribution in [1.82, 2.24) is 0 Å². The van der Waals surface area contributed by atoms with Gasteiger partial charge in [0.25, 0.3) is 0 Å². The minimum atomic E-state index is 0.0990. The summed E-state index contributed by atoms with van der Waals surface area (Å²) in [4.78, 5) is 12.9. The van der Waals surface area contributed by atoms with Gasteiger partial charge in [0.2, 0.25) is 0 Å². The number of halogens is 1. The molecule has 0 spiro atoms. The molecule has 0 fully saturated rings. The van der Waals surface area contributed by atoms with Gasteiger partial charge in [-0.25, -0.2) is 0 Å². The largest absolute Gasteiger partial charge is 0.294 e. The van der Waals surface area contributed by atoms with E-state index in [0.29, 0.717) is 5.92 Å². The zero-order valence-electron chi connectivity index (χ0n) is 8.06. The van der Waals surface area contributed by atoms with E-state index >= 15 is 0 Å². The van der Waals surface area contributed by atoms with Crippen molar-refractivity contribution in [2.24, 2.45) is 5.92 Å². The van der Waals surface area contributed by atoms with Crippen LogP contribution < -0.4 is 0 Å². The highest BCUT2D eigenvalue weighted by atomic mass is 35.5. The minimum Gasteiger partial charge on any atom is -0.294 e. The molecule has 0 aliphatic rings. The number of Topliss-reactive ketones (excluding diaryl/α,β-unsaturated/α-hetero) is 1. The molecule has 0 unspecified atom stereocenters. The Morgan fingerprint density at radius 2 is 2.23 bits per heavy atom. The molecule has 0 bridgehead atoms. The van der Waals surface area contributed by atoms with Crippen molar-refractivity contribution in [3.05, 3.63) is 20.8 Å². The Balaban J connectivity index is 2.90. The van der Waals surface area contributed by atoms with Gasteiger partial charge in [0, 0.05) is 4.88 Å². The van der Waals surface area contributed by atoms with Gasteiger partial charge in [-0.05, 0) is 25.3 Å². The zero-order chi connectivity index (χ0) is 10.0. The Kier molecular flexibility index (Phi) is 3.51. The Bertz CT molecular complexity index is 315. The smallest absolute Gasteiger partial charge is 0.169 e. The first-order chi connectivity index (χ1) is 6.00. The van der Waals surface area contributed by atoms with Crippen LogP contribution in [0.25, 0.3) is 0 Å². The summed E-state index contributed by atoms with van der Waals surface area (Å²) in [5.41, 5.74) is 0. The van der Waals surface area contributed by atoms with E-state index < -0.39 is 0 Å². The van der Waals surface area contributed by atoms with Gasteiger partial charge in [0.15, 0.2) is 5.78 Å². The van der Waals surface area contributed by atoms with Crippen molar-refractivity contribution in [1.29, 1.82) is 0 Å². The second-order valence-electron chi connectivity index (χ2n) is 3.54. The maximum atomic E-state index is 11.0. The molecule has 1 rings (SSSR count). The van der Waals surface area contributed by atoms with Crippen LogP contribution in [0.3, 0.4) is 0 Å². The predicted octanol–water partition coefficient (Wildman–Crippen LogP) is 3.80. The van der Waals surface area contributed by atoms with E-state index in [4.69, 9.17) is 11.6 Å². The van der Waals surface area contributed by atoms with Crippen LogP contribution in [0.2, 0.25) is 5.02 Å². The topological polar surface area (TPSA) is 17.1 Å². The van der Waals surface area contributed by atoms with Gasteiger partial charge >= 0.3 is 0 Å². The van der Waals surface area contributed by atoms with E-state index in [0.717, 1.165) is 21.2 Å². The molecule has 1 aromatic rings. The van der Waals surface area contributed by atoms with Crippen molar-refractivity contribution in [3.63, 3.8) is 0 Å². The molecule has 0 aromatic carbocycles. The number of carbonyl (C=O) groups is 1. The van der Waals surface area contributed by atoms with Gasteiger partial charge in [-0.3, -0.25) is 4.79 Å². The number of hydrogen-bond donors (Lipinski definition) is 0. The molecular formula is C10H13ClOS. The van der Waals surface area contributed by atoms with Crippen molar-refractivity contribution in [2.75, 3.05) is 0 Å². The summed E-state index contributed by atoms with van der Waals surface area (Å²) in [7, 11) is 0. The maximum Gasteiger partial charge on any atom is 0.169 e. The summed E-state index contributed by atoms with van der Waals surface area (Å²) in [5.74, 6) is 0.679. The lowest BCUT2D eigenvalue weighted by Gasteiger charge is -2.00. The lowest BCUT2D eigenvalue weighted by atomic mass is 10.1. The van der Waals surface area contributed by atoms with Crippen molar-refractivity contribution in [2.45, 2.75) is 27.2 Å². The number of thiophene rings is 1. The Hall–Kier alpha value is -0.340. The fourth-order valence-electron chi connectivity index (χ4n) is 1.09. The molecule has 0 N–H and O–H groups in total. The molecule has 0 atom stereocenters. The Morgan fingerprint density at radius 3 is 2.62 bits per heavy atom. The van der Waals surface area contributed by atoms with Crippen LogP contribution in [-0.4, -0.2) is 5.78 Å². The van der Waals surface area contributed by atoms with Gasteiger partial charge in [0.1, 0.15) is 0 Å². The number of hydrogen-bond acceptors (Lipinski definition) is 2. The third kappa shape index (κ3) is 2.82. The number of carbonyl (C=O) groups excluding carboxylic acids is 1. The monoisotopic (exact) mass is 216 g/mol. The SMILES string of the molecule is CC(=O)c1cc(Cl)c(CC(C)C)s1. The molecular weight excluding hydrogens is 204 g/mol. The van der Waals surface area contributed by atoms with E-state index in [2.05, 4.69) is 13.8 Å². The van der Waals surface area contributed by atoms with Crippen molar-refractivity contribution >= 4 is 28.7 Å². The minimum absolute atomic E-state index is 0.0990. The summed E-state index contributed by atoms with van der Waals surface area (Å²) in [6, 6.07) is 1.77. The summed E-state index contributed by atoms with van der Waals surface area (Å²) < 4.78 is 0. The first-order valence-electron chi connectivity index (χ1n) is 4.30. The molecule has 13 heavy (non-hydrogen) atoms. The van der Waals surface area contributed by atoms with E-state index in [1.54, 1.807) is 13.0 Å². The van der Waals surface area contributed by atoms with Crippen LogP contribution in [0.4, 0.5) is 0 Å². The standard InChI is InChI=1S/C10H13ClOS/c1-6(2)4-10-8(11)5-9(13-10)7(3)12/h5-6H,4H2,1-3H3. The van der Waals surface area contributed by atoms with Crippen LogP contribution in [0.15, 0.2) is 6.07 Å². The van der Waals surface area contributed by atoms with E-state index in [1.807, 2.05) is 0 Å². The molecule has 0 aliphatic carbocycles. The molecule has 1 nitrogen and oxygen atoms in total. The average Bonchev–Trinajstić information content (AvgIpc) is 2.31. The molecule has 72 valence electrons. The van der Waals surface area contributed by atoms with Crippen LogP contribution in [-0.2, 0) is 6.42 Å². The van der Waals surface area contributed by atoms with Crippen LogP contribution in [0, 0.1) is 5.92 Å². The summed E-state index contributed by atoms with van der Waals surface area (Å²) in [6.45, 7) is 5.86. The summed E-state index contributed by atoms with van der Waals surface area (Å²) >= 11 is 7.51. The number of ketones is 1. The molecule has 0 amide bonds. The van der Waals surface area contributed by atoms with Gasteiger partial charge in [-0.1, -0.05) is 25.4 Å². The fourth-order valence-corrected chi connectivity index (χ4v) is 2.62. The Morgan fingerprint density at radius 1 is 1.62 bits per heavy atom. The maximum absolute atomic E-state index is 11.0. The highest BCUT2D eigenvalue weighted by Crippen LogP contribution is 2.29. The third-order valence-corrected chi connectivity index (χ3v) is 3.41. The third-order valence-electron chi connectivity index (χ3n) is 1.70. The molecule has 1 heterocycles. The van der Waals surface area contributed by atoms with Crippen LogP contribution >= 0.6 is 22.9 Å². The van der Waals surface area contributed by atoms with Gasteiger partial charge in [-0.15, -0.1) is 11.3 Å². The fraction of sp³-hybridized carbons (Fsp3) is 0.500. The van der Waals surface area contributed by atoms with E-state index in [-0.39, 0.29) is 5.78 Å². The summed E-state index contributed by atoms with van der Waals surface area (Å²) in [6.07, 6.45) is 0.955. The van der Waals surface area contributed by atoms with E-state index in [1.165, 1.54) is 11.3 Å². The van der Waals surface area contributed by atoms with Gasteiger partial charge in [-0.2, -0.15) is 0 Å². The van der Waals surface area contributed by atoms with Gasteiger partial charge in [0.05, 0.1) is 9.90 Å². The molecule has 0 radical (unpaired) electrons. The molecule has 0 aliphatic heterocycles. The van der Waals surface area contributed by atoms with Crippen LogP contribution in [0.5, 0.6) is 0 Å². The highest BCUT2D eigenvalue weighted by Gasteiger charge is 2.11. The first kappa shape index (κ1) is 10.7.